The molecule has 1 aliphatic rings. The summed E-state index contributed by atoms with van der Waals surface area (Å²) in [5.41, 5.74) is 1.65. The van der Waals surface area contributed by atoms with Gasteiger partial charge in [0.2, 0.25) is 0 Å². The second-order valence-electron chi connectivity index (χ2n) is 5.83. The van der Waals surface area contributed by atoms with E-state index in [2.05, 4.69) is 15.6 Å². The normalized spacial score (nSPS) is 17.4. The highest BCUT2D eigenvalue weighted by Crippen LogP contribution is 2.16. The van der Waals surface area contributed by atoms with Gasteiger partial charge in [0.05, 0.1) is 5.56 Å². The number of hydrogen-bond acceptors (Lipinski definition) is 4. The van der Waals surface area contributed by atoms with Crippen molar-refractivity contribution in [2.45, 2.75) is 13.0 Å². The first-order valence-corrected chi connectivity index (χ1v) is 7.98. The molecule has 1 aromatic heterocycles. The van der Waals surface area contributed by atoms with E-state index in [4.69, 9.17) is 0 Å². The molecule has 2 aromatic rings. The largest absolute Gasteiger partial charge is 0.333 e. The Kier molecular flexibility index (Phi) is 4.86. The Bertz CT molecular complexity index is 733. The van der Waals surface area contributed by atoms with Crippen LogP contribution in [0.3, 0.4) is 0 Å². The first kappa shape index (κ1) is 16.1. The smallest absolute Gasteiger partial charge is 0.257 e. The molecule has 2 heterocycles. The number of benzene rings is 1. The van der Waals surface area contributed by atoms with Gasteiger partial charge in [0.15, 0.2) is 0 Å². The third-order valence-corrected chi connectivity index (χ3v) is 4.05. The summed E-state index contributed by atoms with van der Waals surface area (Å²) in [5.74, 6) is -0.260. The Balaban J connectivity index is 1.74. The van der Waals surface area contributed by atoms with Gasteiger partial charge in [0.1, 0.15) is 0 Å². The van der Waals surface area contributed by atoms with Crippen LogP contribution in [-0.4, -0.2) is 47.4 Å². The number of carbonyl (C=O) groups excluding carboxylic acids is 2. The van der Waals surface area contributed by atoms with Gasteiger partial charge in [-0.25, -0.2) is 0 Å². The fourth-order valence-electron chi connectivity index (χ4n) is 2.74. The summed E-state index contributed by atoms with van der Waals surface area (Å²) in [6, 6.07) is 10.6. The van der Waals surface area contributed by atoms with E-state index in [0.29, 0.717) is 23.4 Å². The minimum Gasteiger partial charge on any atom is -0.333 e. The molecular formula is C18H20N4O2. The van der Waals surface area contributed by atoms with E-state index in [1.165, 1.54) is 6.20 Å². The molecule has 6 nitrogen and oxygen atoms in total. The number of amides is 2. The Morgan fingerprint density at radius 3 is 2.83 bits per heavy atom. The lowest BCUT2D eigenvalue weighted by Gasteiger charge is -2.34. The Hall–Kier alpha value is -2.73. The standard InChI is InChI=1S/C18H20N4O2/c1-13-11-20-8-9-22(13)18(24)14-4-2-6-16(10-14)21-17(23)15-5-3-7-19-12-15/h2-7,10,12-13,20H,8-9,11H2,1H3,(H,21,23). The van der Waals surface area contributed by atoms with Crippen molar-refractivity contribution < 1.29 is 9.59 Å². The monoisotopic (exact) mass is 324 g/mol. The number of hydrogen-bond donors (Lipinski definition) is 2. The number of piperazine rings is 1. The molecule has 0 saturated carbocycles. The maximum atomic E-state index is 12.7. The Morgan fingerprint density at radius 1 is 1.25 bits per heavy atom. The fraction of sp³-hybridized carbons (Fsp3) is 0.278. The van der Waals surface area contributed by atoms with Gasteiger partial charge in [-0.15, -0.1) is 0 Å². The second kappa shape index (κ2) is 7.23. The number of rotatable bonds is 3. The van der Waals surface area contributed by atoms with Crippen molar-refractivity contribution in [1.29, 1.82) is 0 Å². The lowest BCUT2D eigenvalue weighted by atomic mass is 10.1. The summed E-state index contributed by atoms with van der Waals surface area (Å²) >= 11 is 0. The minimum absolute atomic E-state index is 0.0125. The number of anilines is 1. The van der Waals surface area contributed by atoms with Crippen molar-refractivity contribution in [2.75, 3.05) is 25.0 Å². The van der Waals surface area contributed by atoms with Crippen LogP contribution in [-0.2, 0) is 0 Å². The van der Waals surface area contributed by atoms with Crippen LogP contribution >= 0.6 is 0 Å². The molecule has 2 N–H and O–H groups in total. The molecule has 2 amide bonds. The van der Waals surface area contributed by atoms with Crippen LogP contribution in [0.4, 0.5) is 5.69 Å². The molecule has 6 heteroatoms. The average molecular weight is 324 g/mol. The highest BCUT2D eigenvalue weighted by Gasteiger charge is 2.24. The molecule has 124 valence electrons. The van der Waals surface area contributed by atoms with Crippen LogP contribution < -0.4 is 10.6 Å². The van der Waals surface area contributed by atoms with Crippen LogP contribution in [0.1, 0.15) is 27.6 Å². The van der Waals surface area contributed by atoms with E-state index in [9.17, 15) is 9.59 Å². The summed E-state index contributed by atoms with van der Waals surface area (Å²) in [6.45, 7) is 4.31. The van der Waals surface area contributed by atoms with Gasteiger partial charge in [-0.3, -0.25) is 14.6 Å². The van der Waals surface area contributed by atoms with Crippen molar-refractivity contribution in [2.24, 2.45) is 0 Å². The summed E-state index contributed by atoms with van der Waals surface area (Å²) in [5, 5.41) is 6.08. The Morgan fingerprint density at radius 2 is 2.08 bits per heavy atom. The molecule has 24 heavy (non-hydrogen) atoms. The number of aromatic nitrogens is 1. The first-order chi connectivity index (χ1) is 11.6. The first-order valence-electron chi connectivity index (χ1n) is 7.98. The van der Waals surface area contributed by atoms with Crippen molar-refractivity contribution in [3.8, 4) is 0 Å². The topological polar surface area (TPSA) is 74.3 Å². The van der Waals surface area contributed by atoms with E-state index < -0.39 is 0 Å². The predicted molar refractivity (Wildman–Crippen MR) is 92.0 cm³/mol. The minimum atomic E-state index is -0.247. The molecule has 0 radical (unpaired) electrons. The molecule has 0 aliphatic carbocycles. The number of pyridine rings is 1. The van der Waals surface area contributed by atoms with Crippen LogP contribution in [0.25, 0.3) is 0 Å². The molecule has 1 saturated heterocycles. The van der Waals surface area contributed by atoms with Gasteiger partial charge in [-0.05, 0) is 37.3 Å². The van der Waals surface area contributed by atoms with Crippen LogP contribution in [0.5, 0.6) is 0 Å². The summed E-state index contributed by atoms with van der Waals surface area (Å²) in [7, 11) is 0. The van der Waals surface area contributed by atoms with E-state index >= 15 is 0 Å². The molecule has 0 bridgehead atoms. The summed E-state index contributed by atoms with van der Waals surface area (Å²) in [6.07, 6.45) is 3.12. The van der Waals surface area contributed by atoms with Gasteiger partial charge in [-0.1, -0.05) is 6.07 Å². The third kappa shape index (κ3) is 3.60. The number of nitrogens with zero attached hydrogens (tertiary/aromatic N) is 2. The van der Waals surface area contributed by atoms with Crippen LogP contribution in [0.15, 0.2) is 48.8 Å². The SMILES string of the molecule is CC1CNCCN1C(=O)c1cccc(NC(=O)c2cccnc2)c1. The van der Waals surface area contributed by atoms with Gasteiger partial charge in [-0.2, -0.15) is 0 Å². The lowest BCUT2D eigenvalue weighted by Crippen LogP contribution is -2.52. The van der Waals surface area contributed by atoms with Gasteiger partial charge >= 0.3 is 0 Å². The highest BCUT2D eigenvalue weighted by molar-refractivity contribution is 6.05. The Labute approximate surface area is 140 Å². The quantitative estimate of drug-likeness (QED) is 0.902. The van der Waals surface area contributed by atoms with Gasteiger partial charge in [0, 0.05) is 49.3 Å². The fourth-order valence-corrected chi connectivity index (χ4v) is 2.74. The molecule has 1 aliphatic heterocycles. The highest BCUT2D eigenvalue weighted by atomic mass is 16.2. The molecule has 3 rings (SSSR count). The van der Waals surface area contributed by atoms with Gasteiger partial charge < -0.3 is 15.5 Å². The zero-order valence-corrected chi connectivity index (χ0v) is 13.5. The maximum absolute atomic E-state index is 12.7. The van der Waals surface area contributed by atoms with E-state index in [0.717, 1.165) is 13.1 Å². The molecular weight excluding hydrogens is 304 g/mol. The second-order valence-corrected chi connectivity index (χ2v) is 5.83. The molecule has 0 spiro atoms. The number of carbonyl (C=O) groups is 2. The summed E-state index contributed by atoms with van der Waals surface area (Å²) in [4.78, 5) is 30.7. The predicted octanol–water partition coefficient (Wildman–Crippen LogP) is 1.77. The number of nitrogens with one attached hydrogen (secondary N) is 2. The van der Waals surface area contributed by atoms with Gasteiger partial charge in [0.25, 0.3) is 11.8 Å². The molecule has 1 atom stereocenters. The van der Waals surface area contributed by atoms with E-state index in [1.54, 1.807) is 42.6 Å². The van der Waals surface area contributed by atoms with Crippen molar-refractivity contribution in [3.05, 3.63) is 59.9 Å². The molecule has 1 aromatic carbocycles. The van der Waals surface area contributed by atoms with E-state index in [-0.39, 0.29) is 17.9 Å². The zero-order valence-electron chi connectivity index (χ0n) is 13.5. The van der Waals surface area contributed by atoms with Crippen LogP contribution in [0.2, 0.25) is 0 Å². The van der Waals surface area contributed by atoms with Crippen LogP contribution in [0, 0.1) is 0 Å². The molecule has 1 fully saturated rings. The zero-order chi connectivity index (χ0) is 16.9. The average Bonchev–Trinajstić information content (AvgIpc) is 2.62. The molecule has 1 unspecified atom stereocenters. The third-order valence-electron chi connectivity index (χ3n) is 4.05. The van der Waals surface area contributed by atoms with Crippen molar-refractivity contribution in [3.63, 3.8) is 0 Å². The summed E-state index contributed by atoms with van der Waals surface area (Å²) < 4.78 is 0. The maximum Gasteiger partial charge on any atom is 0.257 e. The lowest BCUT2D eigenvalue weighted by molar-refractivity contribution is 0.0655. The van der Waals surface area contributed by atoms with Crippen molar-refractivity contribution in [1.82, 2.24) is 15.2 Å². The van der Waals surface area contributed by atoms with E-state index in [1.807, 2.05) is 11.8 Å². The van der Waals surface area contributed by atoms with Crippen molar-refractivity contribution >= 4 is 17.5 Å².